The molecule has 2 aliphatic rings. The van der Waals surface area contributed by atoms with Gasteiger partial charge in [0.2, 0.25) is 5.91 Å². The Morgan fingerprint density at radius 3 is 2.81 bits per heavy atom. The second-order valence-corrected chi connectivity index (χ2v) is 9.81. The van der Waals surface area contributed by atoms with Gasteiger partial charge in [0.05, 0.1) is 18.8 Å². The molecule has 8 nitrogen and oxygen atoms in total. The number of likely N-dealkylation sites (tertiary alicyclic amines) is 1. The lowest BCUT2D eigenvalue weighted by Gasteiger charge is -2.47. The van der Waals surface area contributed by atoms with Gasteiger partial charge in [0.15, 0.2) is 0 Å². The van der Waals surface area contributed by atoms with Crippen molar-refractivity contribution in [3.8, 4) is 22.9 Å². The molecule has 0 atom stereocenters. The molecule has 6 rings (SSSR count). The quantitative estimate of drug-likeness (QED) is 0.442. The van der Waals surface area contributed by atoms with Crippen LogP contribution in [0.2, 0.25) is 0 Å². The normalized spacial score (nSPS) is 16.4. The first kappa shape index (κ1) is 22.1. The van der Waals surface area contributed by atoms with Crippen molar-refractivity contribution in [1.29, 1.82) is 5.26 Å². The lowest BCUT2D eigenvalue weighted by atomic mass is 9.79. The number of ether oxygens (including phenoxy) is 1. The molecule has 4 heterocycles. The number of para-hydroxylation sites is 1. The molecule has 2 aromatic heterocycles. The molecule has 36 heavy (non-hydrogen) atoms. The topological polar surface area (TPSA) is 98.1 Å². The van der Waals surface area contributed by atoms with E-state index < -0.39 is 0 Å². The van der Waals surface area contributed by atoms with Crippen molar-refractivity contribution in [3.05, 3.63) is 60.3 Å². The van der Waals surface area contributed by atoms with Crippen LogP contribution in [0.4, 0.5) is 5.82 Å². The van der Waals surface area contributed by atoms with E-state index in [-0.39, 0.29) is 11.3 Å². The molecule has 180 valence electrons. The number of anilines is 1. The number of aryl methyl sites for hydroxylation is 1. The summed E-state index contributed by atoms with van der Waals surface area (Å²) in [4.78, 5) is 21.1. The van der Waals surface area contributed by atoms with Crippen LogP contribution in [0.25, 0.3) is 32.9 Å². The maximum absolute atomic E-state index is 12.0. The third-order valence-corrected chi connectivity index (χ3v) is 7.65. The number of carbonyl (C=O) groups excluding carboxylic acids is 1. The Morgan fingerprint density at radius 2 is 2.06 bits per heavy atom. The van der Waals surface area contributed by atoms with Crippen LogP contribution in [-0.2, 0) is 4.79 Å². The van der Waals surface area contributed by atoms with Gasteiger partial charge in [-0.05, 0) is 42.7 Å². The minimum atomic E-state index is -0.0312. The average molecular weight is 479 g/mol. The number of pyridine rings is 1. The minimum Gasteiger partial charge on any atom is -0.494 e. The van der Waals surface area contributed by atoms with Crippen LogP contribution in [0.5, 0.6) is 5.75 Å². The number of benzene rings is 2. The van der Waals surface area contributed by atoms with Crippen molar-refractivity contribution in [1.82, 2.24) is 20.1 Å². The van der Waals surface area contributed by atoms with Crippen LogP contribution < -0.4 is 9.64 Å². The van der Waals surface area contributed by atoms with Crippen LogP contribution in [0.1, 0.15) is 17.5 Å². The predicted molar refractivity (Wildman–Crippen MR) is 139 cm³/mol. The van der Waals surface area contributed by atoms with Crippen molar-refractivity contribution in [2.75, 3.05) is 38.2 Å². The van der Waals surface area contributed by atoms with Gasteiger partial charge in [0.25, 0.3) is 0 Å². The summed E-state index contributed by atoms with van der Waals surface area (Å²) in [6.45, 7) is 8.58. The largest absolute Gasteiger partial charge is 0.494 e. The molecular weight excluding hydrogens is 452 g/mol. The summed E-state index contributed by atoms with van der Waals surface area (Å²) >= 11 is 0. The Kier molecular flexibility index (Phi) is 4.97. The molecule has 2 fully saturated rings. The Hall–Kier alpha value is -4.38. The van der Waals surface area contributed by atoms with Crippen LogP contribution in [0.3, 0.4) is 0 Å². The molecule has 1 spiro atoms. The molecule has 0 unspecified atom stereocenters. The maximum Gasteiger partial charge on any atom is 0.245 e. The third-order valence-electron chi connectivity index (χ3n) is 7.65. The zero-order valence-electron chi connectivity index (χ0n) is 20.3. The molecule has 8 heteroatoms. The molecule has 1 N–H and O–H groups in total. The second kappa shape index (κ2) is 8.09. The van der Waals surface area contributed by atoms with Gasteiger partial charge in [-0.3, -0.25) is 9.89 Å². The Balaban J connectivity index is 1.55. The Bertz CT molecular complexity index is 1590. The zero-order chi connectivity index (χ0) is 25.0. The summed E-state index contributed by atoms with van der Waals surface area (Å²) in [5.74, 6) is 1.29. The highest BCUT2D eigenvalue weighted by atomic mass is 16.5. The fourth-order valence-corrected chi connectivity index (χ4v) is 5.89. The number of nitrogens with zero attached hydrogens (tertiary/aromatic N) is 5. The summed E-state index contributed by atoms with van der Waals surface area (Å²) < 4.78 is 5.70. The van der Waals surface area contributed by atoms with Crippen LogP contribution in [0, 0.1) is 23.7 Å². The fourth-order valence-electron chi connectivity index (χ4n) is 5.89. The number of aromatic nitrogens is 3. The zero-order valence-corrected chi connectivity index (χ0v) is 20.3. The van der Waals surface area contributed by atoms with Crippen LogP contribution in [-0.4, -0.2) is 59.3 Å². The number of amides is 1. The average Bonchev–Trinajstić information content (AvgIpc) is 3.54. The molecule has 0 aliphatic carbocycles. The summed E-state index contributed by atoms with van der Waals surface area (Å²) in [6.07, 6.45) is 4.13. The van der Waals surface area contributed by atoms with E-state index in [1.54, 1.807) is 7.11 Å². The third kappa shape index (κ3) is 3.16. The summed E-state index contributed by atoms with van der Waals surface area (Å²) in [7, 11) is 1.64. The number of hydrogen-bond donors (Lipinski definition) is 1. The fraction of sp³-hybridized carbons (Fsp3) is 0.286. The number of hydrogen-bond acceptors (Lipinski definition) is 6. The molecule has 0 bridgehead atoms. The molecule has 1 amide bonds. The van der Waals surface area contributed by atoms with Crippen molar-refractivity contribution in [2.24, 2.45) is 5.41 Å². The Labute approximate surface area is 208 Å². The maximum atomic E-state index is 12.0. The van der Waals surface area contributed by atoms with Gasteiger partial charge >= 0.3 is 0 Å². The molecule has 0 saturated carbocycles. The van der Waals surface area contributed by atoms with Crippen molar-refractivity contribution >= 4 is 33.5 Å². The minimum absolute atomic E-state index is 0.0173. The lowest BCUT2D eigenvalue weighted by molar-refractivity contribution is -0.136. The molecule has 4 aromatic rings. The van der Waals surface area contributed by atoms with Gasteiger partial charge in [-0.2, -0.15) is 10.4 Å². The van der Waals surface area contributed by atoms with Gasteiger partial charge in [0.1, 0.15) is 28.7 Å². The van der Waals surface area contributed by atoms with E-state index in [4.69, 9.17) is 9.72 Å². The first-order valence-corrected chi connectivity index (χ1v) is 12.0. The standard InChI is InChI=1S/C28H26N6O2/c1-4-23(35)34-15-28(16-34)10-11-33(14-28)27-19(12-29)25(18-6-5-7-22(36-3)26(18)31-27)24-17(2)8-9-21-20(24)13-30-32-21/h4-9,13H,1,10-11,14-16H2,2-3H3,(H,30,32). The predicted octanol–water partition coefficient (Wildman–Crippen LogP) is 4.19. The van der Waals surface area contributed by atoms with Crippen molar-refractivity contribution in [2.45, 2.75) is 13.3 Å². The van der Waals surface area contributed by atoms with E-state index >= 15 is 0 Å². The van der Waals surface area contributed by atoms with Gasteiger partial charge in [-0.15, -0.1) is 0 Å². The lowest BCUT2D eigenvalue weighted by Crippen LogP contribution is -2.59. The SMILES string of the molecule is C=CC(=O)N1CC2(CCN(c3nc4c(OC)cccc4c(-c4c(C)ccc5[nH]ncc45)c3C#N)C2)C1. The van der Waals surface area contributed by atoms with Crippen LogP contribution >= 0.6 is 0 Å². The highest BCUT2D eigenvalue weighted by molar-refractivity contribution is 6.09. The van der Waals surface area contributed by atoms with E-state index in [0.717, 1.165) is 58.0 Å². The molecular formula is C28H26N6O2. The number of fused-ring (bicyclic) bond motifs is 2. The van der Waals surface area contributed by atoms with E-state index in [2.05, 4.69) is 34.7 Å². The number of nitrogens with one attached hydrogen (secondary N) is 1. The molecule has 2 saturated heterocycles. The number of methoxy groups -OCH3 is 1. The number of H-pyrrole nitrogens is 1. The van der Waals surface area contributed by atoms with Gasteiger partial charge < -0.3 is 14.5 Å². The van der Waals surface area contributed by atoms with Crippen molar-refractivity contribution < 1.29 is 9.53 Å². The first-order valence-electron chi connectivity index (χ1n) is 12.0. The first-order chi connectivity index (χ1) is 17.5. The van der Waals surface area contributed by atoms with E-state index in [9.17, 15) is 10.1 Å². The second-order valence-electron chi connectivity index (χ2n) is 9.81. The highest BCUT2D eigenvalue weighted by Gasteiger charge is 2.49. The molecule has 0 radical (unpaired) electrons. The summed E-state index contributed by atoms with van der Waals surface area (Å²) in [5, 5.41) is 19.7. The van der Waals surface area contributed by atoms with E-state index in [0.29, 0.717) is 30.2 Å². The monoisotopic (exact) mass is 478 g/mol. The highest BCUT2D eigenvalue weighted by Crippen LogP contribution is 2.46. The van der Waals surface area contributed by atoms with Gasteiger partial charge in [-0.1, -0.05) is 24.8 Å². The molecule has 2 aromatic carbocycles. The smallest absolute Gasteiger partial charge is 0.245 e. The van der Waals surface area contributed by atoms with Crippen LogP contribution in [0.15, 0.2) is 49.2 Å². The number of carbonyl (C=O) groups is 1. The summed E-state index contributed by atoms with van der Waals surface area (Å²) in [5.41, 5.74) is 5.07. The number of nitriles is 1. The van der Waals surface area contributed by atoms with E-state index in [1.807, 2.05) is 41.4 Å². The van der Waals surface area contributed by atoms with Gasteiger partial charge in [-0.25, -0.2) is 4.98 Å². The van der Waals surface area contributed by atoms with Crippen molar-refractivity contribution in [3.63, 3.8) is 0 Å². The number of rotatable bonds is 4. The van der Waals surface area contributed by atoms with E-state index in [1.165, 1.54) is 6.08 Å². The summed E-state index contributed by atoms with van der Waals surface area (Å²) in [6, 6.07) is 12.4. The number of aromatic amines is 1. The van der Waals surface area contributed by atoms with Gasteiger partial charge in [0, 0.05) is 47.9 Å². The molecule has 2 aliphatic heterocycles. The Morgan fingerprint density at radius 1 is 1.22 bits per heavy atom.